The summed E-state index contributed by atoms with van der Waals surface area (Å²) in [5.41, 5.74) is 0.610. The zero-order valence-electron chi connectivity index (χ0n) is 13.7. The van der Waals surface area contributed by atoms with Gasteiger partial charge in [0.25, 0.3) is 0 Å². The first-order valence-electron chi connectivity index (χ1n) is 7.77. The number of nitrogens with zero attached hydrogens (tertiary/aromatic N) is 1. The van der Waals surface area contributed by atoms with Crippen molar-refractivity contribution in [3.05, 3.63) is 48.0 Å². The van der Waals surface area contributed by atoms with Gasteiger partial charge in [-0.3, -0.25) is 9.59 Å². The van der Waals surface area contributed by atoms with Crippen LogP contribution in [0.15, 0.2) is 42.5 Å². The average Bonchev–Trinajstić information content (AvgIpc) is 2.53. The third kappa shape index (κ3) is 5.48. The van der Waals surface area contributed by atoms with E-state index in [1.54, 1.807) is 31.2 Å². The molecule has 25 heavy (non-hydrogen) atoms. The van der Waals surface area contributed by atoms with Gasteiger partial charge in [0.05, 0.1) is 13.0 Å². The molecule has 134 valence electrons. The number of hydrogen-bond acceptors (Lipinski definition) is 3. The van der Waals surface area contributed by atoms with Crippen molar-refractivity contribution in [1.82, 2.24) is 4.90 Å². The molecule has 0 N–H and O–H groups in total. The number of alkyl halides is 3. The van der Waals surface area contributed by atoms with Crippen molar-refractivity contribution in [3.8, 4) is 0 Å². The van der Waals surface area contributed by atoms with Crippen LogP contribution in [-0.2, 0) is 20.7 Å². The normalized spacial score (nSPS) is 11.4. The lowest BCUT2D eigenvalue weighted by molar-refractivity contribution is -0.167. The summed E-state index contributed by atoms with van der Waals surface area (Å²) in [5.74, 6) is -1.64. The van der Waals surface area contributed by atoms with E-state index in [1.807, 2.05) is 18.2 Å². The largest absolute Gasteiger partial charge is 0.465 e. The molecule has 1 amide bonds. The molecule has 0 aromatic heterocycles. The van der Waals surface area contributed by atoms with Gasteiger partial charge >= 0.3 is 12.1 Å². The van der Waals surface area contributed by atoms with Crippen molar-refractivity contribution in [2.45, 2.75) is 19.5 Å². The molecule has 0 unspecified atom stereocenters. The summed E-state index contributed by atoms with van der Waals surface area (Å²) in [6, 6.07) is 12.6. The van der Waals surface area contributed by atoms with Gasteiger partial charge in [0.15, 0.2) is 0 Å². The summed E-state index contributed by atoms with van der Waals surface area (Å²) < 4.78 is 42.9. The predicted octanol–water partition coefficient (Wildman–Crippen LogP) is 3.34. The topological polar surface area (TPSA) is 46.6 Å². The van der Waals surface area contributed by atoms with Gasteiger partial charge in [-0.25, -0.2) is 0 Å². The number of benzene rings is 2. The highest BCUT2D eigenvalue weighted by atomic mass is 19.4. The first-order chi connectivity index (χ1) is 11.8. The molecule has 0 atom stereocenters. The van der Waals surface area contributed by atoms with Crippen molar-refractivity contribution in [3.63, 3.8) is 0 Å². The summed E-state index contributed by atoms with van der Waals surface area (Å²) >= 11 is 0. The van der Waals surface area contributed by atoms with Gasteiger partial charge in [-0.05, 0) is 23.3 Å². The molecule has 2 rings (SSSR count). The number of carbonyl (C=O) groups is 2. The van der Waals surface area contributed by atoms with Crippen LogP contribution in [0, 0.1) is 0 Å². The third-order valence-electron chi connectivity index (χ3n) is 3.57. The Morgan fingerprint density at radius 3 is 2.44 bits per heavy atom. The molecule has 7 heteroatoms. The van der Waals surface area contributed by atoms with Crippen molar-refractivity contribution in [2.75, 3.05) is 19.7 Å². The van der Waals surface area contributed by atoms with Crippen LogP contribution < -0.4 is 0 Å². The lowest BCUT2D eigenvalue weighted by atomic mass is 10.0. The zero-order chi connectivity index (χ0) is 18.4. The first kappa shape index (κ1) is 18.8. The molecule has 0 radical (unpaired) electrons. The number of ether oxygens (including phenoxy) is 1. The fourth-order valence-electron chi connectivity index (χ4n) is 2.53. The number of amides is 1. The van der Waals surface area contributed by atoms with E-state index in [0.29, 0.717) is 10.5 Å². The Bertz CT molecular complexity index is 753. The molecule has 0 bridgehead atoms. The van der Waals surface area contributed by atoms with Crippen molar-refractivity contribution in [1.29, 1.82) is 0 Å². The van der Waals surface area contributed by atoms with Gasteiger partial charge in [0.2, 0.25) is 5.91 Å². The molecule has 0 aliphatic carbocycles. The van der Waals surface area contributed by atoms with Crippen LogP contribution in [0.5, 0.6) is 0 Å². The lowest BCUT2D eigenvalue weighted by Crippen LogP contribution is -2.43. The maximum atomic E-state index is 12.7. The predicted molar refractivity (Wildman–Crippen MR) is 86.9 cm³/mol. The molecule has 0 aliphatic rings. The highest BCUT2D eigenvalue weighted by molar-refractivity contribution is 5.91. The van der Waals surface area contributed by atoms with Gasteiger partial charge < -0.3 is 9.64 Å². The molecule has 0 heterocycles. The molecular weight excluding hydrogens is 335 g/mol. The second-order valence-corrected chi connectivity index (χ2v) is 5.49. The zero-order valence-corrected chi connectivity index (χ0v) is 13.7. The fraction of sp³-hybridized carbons (Fsp3) is 0.333. The van der Waals surface area contributed by atoms with Crippen molar-refractivity contribution >= 4 is 22.6 Å². The minimum atomic E-state index is -4.60. The van der Waals surface area contributed by atoms with E-state index in [2.05, 4.69) is 4.74 Å². The van der Waals surface area contributed by atoms with Crippen LogP contribution >= 0.6 is 0 Å². The molecule has 0 spiro atoms. The Morgan fingerprint density at radius 1 is 1.08 bits per heavy atom. The number of carbonyl (C=O) groups excluding carboxylic acids is 2. The summed E-state index contributed by atoms with van der Waals surface area (Å²) in [6.45, 7) is -0.632. The van der Waals surface area contributed by atoms with E-state index in [0.717, 1.165) is 10.8 Å². The molecule has 2 aromatic carbocycles. The summed E-state index contributed by atoms with van der Waals surface area (Å²) in [4.78, 5) is 24.4. The van der Waals surface area contributed by atoms with Gasteiger partial charge in [-0.15, -0.1) is 0 Å². The lowest BCUT2D eigenvalue weighted by Gasteiger charge is -2.23. The van der Waals surface area contributed by atoms with Gasteiger partial charge in [0.1, 0.15) is 13.1 Å². The molecule has 0 saturated carbocycles. The molecule has 2 aromatic rings. The monoisotopic (exact) mass is 353 g/mol. The van der Waals surface area contributed by atoms with Crippen LogP contribution in [0.4, 0.5) is 13.2 Å². The number of fused-ring (bicyclic) bond motifs is 1. The Balaban J connectivity index is 2.21. The molecule has 0 aliphatic heterocycles. The minimum Gasteiger partial charge on any atom is -0.465 e. The van der Waals surface area contributed by atoms with E-state index in [9.17, 15) is 22.8 Å². The van der Waals surface area contributed by atoms with Crippen LogP contribution in [-0.4, -0.2) is 42.6 Å². The molecule has 0 saturated heterocycles. The van der Waals surface area contributed by atoms with E-state index in [4.69, 9.17) is 0 Å². The maximum absolute atomic E-state index is 12.7. The van der Waals surface area contributed by atoms with E-state index in [-0.39, 0.29) is 13.0 Å². The maximum Gasteiger partial charge on any atom is 0.406 e. The van der Waals surface area contributed by atoms with Gasteiger partial charge in [0, 0.05) is 0 Å². The van der Waals surface area contributed by atoms with Crippen molar-refractivity contribution < 1.29 is 27.5 Å². The second kappa shape index (κ2) is 8.00. The fourth-order valence-corrected chi connectivity index (χ4v) is 2.53. The number of rotatable bonds is 6. The van der Waals surface area contributed by atoms with Gasteiger partial charge in [-0.1, -0.05) is 42.5 Å². The van der Waals surface area contributed by atoms with E-state index >= 15 is 0 Å². The Labute approximate surface area is 143 Å². The van der Waals surface area contributed by atoms with Crippen LogP contribution in [0.2, 0.25) is 0 Å². The van der Waals surface area contributed by atoms with Crippen LogP contribution in [0.1, 0.15) is 12.5 Å². The minimum absolute atomic E-state index is 0.0379. The van der Waals surface area contributed by atoms with E-state index < -0.39 is 31.1 Å². The Kier molecular flexibility index (Phi) is 6.01. The summed E-state index contributed by atoms with van der Waals surface area (Å²) in [5, 5.41) is 1.68. The van der Waals surface area contributed by atoms with Crippen LogP contribution in [0.25, 0.3) is 10.8 Å². The molecular formula is C18H18F3NO3. The first-order valence-corrected chi connectivity index (χ1v) is 7.77. The van der Waals surface area contributed by atoms with Crippen molar-refractivity contribution in [2.24, 2.45) is 0 Å². The standard InChI is InChI=1S/C18H18F3NO3/c1-2-25-17(24)11-22(12-18(19,20)21)16(23)10-14-8-5-7-13-6-3-4-9-15(13)14/h3-9H,2,10-12H2,1H3. The van der Waals surface area contributed by atoms with E-state index in [1.165, 1.54) is 0 Å². The SMILES string of the molecule is CCOC(=O)CN(CC(F)(F)F)C(=O)Cc1cccc2ccccc12. The summed E-state index contributed by atoms with van der Waals surface area (Å²) in [6.07, 6.45) is -4.82. The molecule has 4 nitrogen and oxygen atoms in total. The average molecular weight is 353 g/mol. The molecule has 0 fully saturated rings. The smallest absolute Gasteiger partial charge is 0.406 e. The second-order valence-electron chi connectivity index (χ2n) is 5.49. The van der Waals surface area contributed by atoms with Gasteiger partial charge in [-0.2, -0.15) is 13.2 Å². The number of esters is 1. The number of hydrogen-bond donors (Lipinski definition) is 0. The Morgan fingerprint density at radius 2 is 1.76 bits per heavy atom. The quantitative estimate of drug-likeness (QED) is 0.749. The number of halogens is 3. The van der Waals surface area contributed by atoms with Crippen LogP contribution in [0.3, 0.4) is 0 Å². The summed E-state index contributed by atoms with van der Waals surface area (Å²) in [7, 11) is 0. The highest BCUT2D eigenvalue weighted by Crippen LogP contribution is 2.21. The third-order valence-corrected chi connectivity index (χ3v) is 3.57. The Hall–Kier alpha value is -2.57. The highest BCUT2D eigenvalue weighted by Gasteiger charge is 2.34.